The van der Waals surface area contributed by atoms with Gasteiger partial charge in [-0.15, -0.1) is 0 Å². The van der Waals surface area contributed by atoms with Crippen molar-refractivity contribution in [3.63, 3.8) is 0 Å². The molecule has 1 amide bonds. The van der Waals surface area contributed by atoms with Crippen LogP contribution in [0.5, 0.6) is 0 Å². The zero-order chi connectivity index (χ0) is 13.2. The highest BCUT2D eigenvalue weighted by atomic mass is 16.4. The summed E-state index contributed by atoms with van der Waals surface area (Å²) in [6, 6.07) is -0.0974. The van der Waals surface area contributed by atoms with Gasteiger partial charge in [0.25, 0.3) is 5.91 Å². The maximum atomic E-state index is 12.0. The third-order valence-electron chi connectivity index (χ3n) is 2.70. The van der Waals surface area contributed by atoms with Crippen LogP contribution in [0.4, 0.5) is 0 Å². The number of amides is 1. The molecule has 5 nitrogen and oxygen atoms in total. The Morgan fingerprint density at radius 2 is 2.06 bits per heavy atom. The van der Waals surface area contributed by atoms with E-state index in [1.807, 2.05) is 20.8 Å². The molecule has 0 aliphatic heterocycles. The molecular formula is C12H21N3O2. The van der Waals surface area contributed by atoms with Crippen LogP contribution < -0.4 is 11.1 Å². The summed E-state index contributed by atoms with van der Waals surface area (Å²) in [6.07, 6.45) is 0. The topological polar surface area (TPSA) is 81.2 Å². The summed E-state index contributed by atoms with van der Waals surface area (Å²) >= 11 is 0. The number of aryl methyl sites for hydroxylation is 2. The third kappa shape index (κ3) is 3.30. The Hall–Kier alpha value is -1.36. The van der Waals surface area contributed by atoms with Crippen molar-refractivity contribution in [2.75, 3.05) is 6.54 Å². The molecule has 1 unspecified atom stereocenters. The van der Waals surface area contributed by atoms with Gasteiger partial charge in [0.1, 0.15) is 0 Å². The largest absolute Gasteiger partial charge is 0.436 e. The van der Waals surface area contributed by atoms with Crippen molar-refractivity contribution in [2.24, 2.45) is 11.1 Å². The van der Waals surface area contributed by atoms with E-state index in [2.05, 4.69) is 10.3 Å². The smallest absolute Gasteiger partial charge is 0.289 e. The Kier molecular flexibility index (Phi) is 3.93. The normalized spacial score (nSPS) is 13.5. The van der Waals surface area contributed by atoms with Gasteiger partial charge < -0.3 is 15.5 Å². The summed E-state index contributed by atoms with van der Waals surface area (Å²) in [4.78, 5) is 16.1. The highest BCUT2D eigenvalue weighted by Gasteiger charge is 2.27. The van der Waals surface area contributed by atoms with Gasteiger partial charge in [0.05, 0.1) is 5.69 Å². The van der Waals surface area contributed by atoms with Gasteiger partial charge in [-0.05, 0) is 12.3 Å². The Bertz CT molecular complexity index is 404. The molecule has 0 spiro atoms. The number of nitrogens with zero attached hydrogens (tertiary/aromatic N) is 1. The lowest BCUT2D eigenvalue weighted by molar-refractivity contribution is 0.0875. The summed E-state index contributed by atoms with van der Waals surface area (Å²) in [5.74, 6) is 0.506. The van der Waals surface area contributed by atoms with Gasteiger partial charge in [-0.2, -0.15) is 0 Å². The molecule has 5 heteroatoms. The monoisotopic (exact) mass is 239 g/mol. The first kappa shape index (κ1) is 13.7. The van der Waals surface area contributed by atoms with Crippen LogP contribution in [-0.4, -0.2) is 23.5 Å². The van der Waals surface area contributed by atoms with Crippen LogP contribution in [-0.2, 0) is 0 Å². The van der Waals surface area contributed by atoms with Gasteiger partial charge in [0.2, 0.25) is 5.76 Å². The average molecular weight is 239 g/mol. The molecule has 0 aliphatic carbocycles. The molecule has 0 aromatic carbocycles. The quantitative estimate of drug-likeness (QED) is 0.835. The fourth-order valence-corrected chi connectivity index (χ4v) is 1.59. The van der Waals surface area contributed by atoms with Crippen molar-refractivity contribution in [1.29, 1.82) is 0 Å². The molecule has 1 aromatic rings. The highest BCUT2D eigenvalue weighted by molar-refractivity contribution is 5.92. The molecular weight excluding hydrogens is 218 g/mol. The number of nitrogens with one attached hydrogen (secondary N) is 1. The average Bonchev–Trinajstić information content (AvgIpc) is 2.52. The first-order valence-electron chi connectivity index (χ1n) is 5.70. The SMILES string of the molecule is Cc1nc(C)c(C(=O)NC(CN)C(C)(C)C)o1. The molecule has 0 radical (unpaired) electrons. The van der Waals surface area contributed by atoms with Crippen molar-refractivity contribution in [3.05, 3.63) is 17.3 Å². The zero-order valence-electron chi connectivity index (χ0n) is 11.1. The number of nitrogens with two attached hydrogens (primary N) is 1. The van der Waals surface area contributed by atoms with E-state index in [0.717, 1.165) is 0 Å². The lowest BCUT2D eigenvalue weighted by atomic mass is 9.87. The van der Waals surface area contributed by atoms with Gasteiger partial charge in [-0.1, -0.05) is 20.8 Å². The van der Waals surface area contributed by atoms with E-state index in [1.54, 1.807) is 13.8 Å². The van der Waals surface area contributed by atoms with Crippen LogP contribution in [0.2, 0.25) is 0 Å². The minimum atomic E-state index is -0.256. The van der Waals surface area contributed by atoms with E-state index >= 15 is 0 Å². The Labute approximate surface area is 102 Å². The van der Waals surface area contributed by atoms with Crippen LogP contribution >= 0.6 is 0 Å². The van der Waals surface area contributed by atoms with E-state index in [0.29, 0.717) is 18.1 Å². The Balaban J connectivity index is 2.82. The zero-order valence-corrected chi connectivity index (χ0v) is 11.1. The summed E-state index contributed by atoms with van der Waals surface area (Å²) in [5, 5.41) is 2.88. The number of carbonyl (C=O) groups excluding carboxylic acids is 1. The second-order valence-corrected chi connectivity index (χ2v) is 5.28. The molecule has 0 bridgehead atoms. The Morgan fingerprint density at radius 3 is 2.41 bits per heavy atom. The van der Waals surface area contributed by atoms with Crippen LogP contribution in [0.25, 0.3) is 0 Å². The van der Waals surface area contributed by atoms with Crippen molar-refractivity contribution in [2.45, 2.75) is 40.7 Å². The minimum Gasteiger partial charge on any atom is -0.436 e. The molecule has 96 valence electrons. The van der Waals surface area contributed by atoms with Crippen molar-refractivity contribution < 1.29 is 9.21 Å². The standard InChI is InChI=1S/C12H21N3O2/c1-7-10(17-8(2)14-7)11(16)15-9(6-13)12(3,4)5/h9H,6,13H2,1-5H3,(H,15,16). The molecule has 17 heavy (non-hydrogen) atoms. The van der Waals surface area contributed by atoms with E-state index in [9.17, 15) is 4.79 Å². The lowest BCUT2D eigenvalue weighted by Crippen LogP contribution is -2.48. The number of oxazole rings is 1. The summed E-state index contributed by atoms with van der Waals surface area (Å²) in [5.41, 5.74) is 6.18. The summed E-state index contributed by atoms with van der Waals surface area (Å²) in [7, 11) is 0. The van der Waals surface area contributed by atoms with Gasteiger partial charge >= 0.3 is 0 Å². The maximum Gasteiger partial charge on any atom is 0.289 e. The predicted octanol–water partition coefficient (Wildman–Crippen LogP) is 1.39. The van der Waals surface area contributed by atoms with E-state index < -0.39 is 0 Å². The van der Waals surface area contributed by atoms with Gasteiger partial charge in [0, 0.05) is 19.5 Å². The van der Waals surface area contributed by atoms with Crippen molar-refractivity contribution in [1.82, 2.24) is 10.3 Å². The molecule has 0 saturated carbocycles. The number of hydrogen-bond donors (Lipinski definition) is 2. The first-order valence-corrected chi connectivity index (χ1v) is 5.70. The van der Waals surface area contributed by atoms with E-state index in [-0.39, 0.29) is 23.1 Å². The fourth-order valence-electron chi connectivity index (χ4n) is 1.59. The second kappa shape index (κ2) is 4.87. The van der Waals surface area contributed by atoms with Crippen LogP contribution in [0, 0.1) is 19.3 Å². The first-order chi connectivity index (χ1) is 7.75. The molecule has 1 atom stereocenters. The van der Waals surface area contributed by atoms with Gasteiger partial charge in [-0.3, -0.25) is 4.79 Å². The van der Waals surface area contributed by atoms with Gasteiger partial charge in [0.15, 0.2) is 5.89 Å². The summed E-state index contributed by atoms with van der Waals surface area (Å²) < 4.78 is 5.27. The lowest BCUT2D eigenvalue weighted by Gasteiger charge is -2.30. The summed E-state index contributed by atoms with van der Waals surface area (Å²) in [6.45, 7) is 9.95. The van der Waals surface area contributed by atoms with E-state index in [4.69, 9.17) is 10.2 Å². The molecule has 0 fully saturated rings. The van der Waals surface area contributed by atoms with Crippen LogP contribution in [0.15, 0.2) is 4.42 Å². The minimum absolute atomic E-state index is 0.0899. The third-order valence-corrected chi connectivity index (χ3v) is 2.70. The highest BCUT2D eigenvalue weighted by Crippen LogP contribution is 2.19. The van der Waals surface area contributed by atoms with Crippen LogP contribution in [0.1, 0.15) is 42.9 Å². The molecule has 0 aliphatic rings. The van der Waals surface area contributed by atoms with Crippen molar-refractivity contribution in [3.8, 4) is 0 Å². The second-order valence-electron chi connectivity index (χ2n) is 5.28. The fraction of sp³-hybridized carbons (Fsp3) is 0.667. The number of hydrogen-bond acceptors (Lipinski definition) is 4. The Morgan fingerprint density at radius 1 is 1.47 bits per heavy atom. The number of rotatable bonds is 3. The molecule has 1 heterocycles. The molecule has 3 N–H and O–H groups in total. The van der Waals surface area contributed by atoms with Crippen molar-refractivity contribution >= 4 is 5.91 Å². The maximum absolute atomic E-state index is 12.0. The van der Waals surface area contributed by atoms with E-state index in [1.165, 1.54) is 0 Å². The van der Waals surface area contributed by atoms with Crippen LogP contribution in [0.3, 0.4) is 0 Å². The molecule has 1 rings (SSSR count). The number of carbonyl (C=O) groups is 1. The molecule has 1 aromatic heterocycles. The molecule has 0 saturated heterocycles. The van der Waals surface area contributed by atoms with Gasteiger partial charge in [-0.25, -0.2) is 4.98 Å². The predicted molar refractivity (Wildman–Crippen MR) is 65.7 cm³/mol. The number of aromatic nitrogens is 1.